The van der Waals surface area contributed by atoms with Crippen LogP contribution in [-0.4, -0.2) is 81.5 Å². The van der Waals surface area contributed by atoms with Gasteiger partial charge in [0.05, 0.1) is 26.4 Å². The second-order valence-corrected chi connectivity index (χ2v) is 3.96. The zero-order valence-electron chi connectivity index (χ0n) is 10.6. The largest absolute Gasteiger partial charge is 0.412 e. The molecule has 98 valence electrons. The van der Waals surface area contributed by atoms with Crippen molar-refractivity contribution in [3.8, 4) is 0 Å². The van der Waals surface area contributed by atoms with Crippen LogP contribution in [0.3, 0.4) is 0 Å². The third-order valence-electron chi connectivity index (χ3n) is 2.79. The predicted octanol–water partition coefficient (Wildman–Crippen LogP) is -0.538. The minimum atomic E-state index is 0. The van der Waals surface area contributed by atoms with Crippen LogP contribution < -0.4 is 0 Å². The SMILES string of the molecule is CCN1CCOCC1.CN1CCOCC1.O. The number of rotatable bonds is 1. The summed E-state index contributed by atoms with van der Waals surface area (Å²) in [6.07, 6.45) is 0. The van der Waals surface area contributed by atoms with Crippen molar-refractivity contribution >= 4 is 0 Å². The van der Waals surface area contributed by atoms with Crippen molar-refractivity contribution in [2.75, 3.05) is 66.2 Å². The first-order valence-corrected chi connectivity index (χ1v) is 5.89. The van der Waals surface area contributed by atoms with Crippen LogP contribution in [0.25, 0.3) is 0 Å². The fraction of sp³-hybridized carbons (Fsp3) is 1.00. The lowest BCUT2D eigenvalue weighted by Gasteiger charge is -2.24. The Morgan fingerprint density at radius 3 is 1.56 bits per heavy atom. The van der Waals surface area contributed by atoms with Crippen LogP contribution >= 0.6 is 0 Å². The maximum Gasteiger partial charge on any atom is 0.0594 e. The van der Waals surface area contributed by atoms with Gasteiger partial charge in [0.25, 0.3) is 0 Å². The number of hydrogen-bond acceptors (Lipinski definition) is 4. The van der Waals surface area contributed by atoms with E-state index in [1.165, 1.54) is 6.54 Å². The van der Waals surface area contributed by atoms with Gasteiger partial charge in [0.2, 0.25) is 0 Å². The zero-order chi connectivity index (χ0) is 10.9. The quantitative estimate of drug-likeness (QED) is 0.611. The second-order valence-electron chi connectivity index (χ2n) is 3.96. The van der Waals surface area contributed by atoms with Crippen LogP contribution in [-0.2, 0) is 9.47 Å². The Hall–Kier alpha value is -0.200. The van der Waals surface area contributed by atoms with E-state index in [0.29, 0.717) is 0 Å². The summed E-state index contributed by atoms with van der Waals surface area (Å²) in [5.74, 6) is 0. The molecule has 0 bridgehead atoms. The molecule has 0 aromatic carbocycles. The van der Waals surface area contributed by atoms with Gasteiger partial charge in [0.15, 0.2) is 0 Å². The molecule has 0 aromatic heterocycles. The minimum Gasteiger partial charge on any atom is -0.412 e. The van der Waals surface area contributed by atoms with Crippen molar-refractivity contribution in [3.05, 3.63) is 0 Å². The Kier molecular flexibility index (Phi) is 9.86. The van der Waals surface area contributed by atoms with E-state index in [9.17, 15) is 0 Å². The lowest BCUT2D eigenvalue weighted by atomic mass is 10.4. The summed E-state index contributed by atoms with van der Waals surface area (Å²) in [7, 11) is 2.11. The van der Waals surface area contributed by atoms with Crippen molar-refractivity contribution < 1.29 is 14.9 Å². The normalized spacial score (nSPS) is 22.9. The van der Waals surface area contributed by atoms with Gasteiger partial charge >= 0.3 is 0 Å². The molecular formula is C11H26N2O3. The molecule has 0 saturated carbocycles. The molecule has 0 radical (unpaired) electrons. The summed E-state index contributed by atoms with van der Waals surface area (Å²) in [6.45, 7) is 11.5. The molecule has 2 heterocycles. The molecule has 2 fully saturated rings. The van der Waals surface area contributed by atoms with Gasteiger partial charge in [0.1, 0.15) is 0 Å². The van der Waals surface area contributed by atoms with Crippen LogP contribution in [0.1, 0.15) is 6.92 Å². The highest BCUT2D eigenvalue weighted by molar-refractivity contribution is 4.57. The van der Waals surface area contributed by atoms with E-state index in [1.807, 2.05) is 0 Å². The Morgan fingerprint density at radius 2 is 1.31 bits per heavy atom. The molecule has 0 unspecified atom stereocenters. The summed E-state index contributed by atoms with van der Waals surface area (Å²) in [4.78, 5) is 4.66. The molecule has 0 amide bonds. The molecule has 5 nitrogen and oxygen atoms in total. The van der Waals surface area contributed by atoms with E-state index in [-0.39, 0.29) is 5.48 Å². The third kappa shape index (κ3) is 7.14. The lowest BCUT2D eigenvalue weighted by Crippen LogP contribution is -2.35. The fourth-order valence-electron chi connectivity index (χ4n) is 1.57. The van der Waals surface area contributed by atoms with Gasteiger partial charge in [0, 0.05) is 26.2 Å². The van der Waals surface area contributed by atoms with Crippen LogP contribution in [0.5, 0.6) is 0 Å². The Morgan fingerprint density at radius 1 is 0.875 bits per heavy atom. The average Bonchev–Trinajstić information content (AvgIpc) is 2.32. The highest BCUT2D eigenvalue weighted by Gasteiger charge is 2.05. The van der Waals surface area contributed by atoms with Crippen molar-refractivity contribution in [1.29, 1.82) is 0 Å². The van der Waals surface area contributed by atoms with Gasteiger partial charge in [-0.1, -0.05) is 6.92 Å². The van der Waals surface area contributed by atoms with Crippen LogP contribution in [0.4, 0.5) is 0 Å². The van der Waals surface area contributed by atoms with Gasteiger partial charge in [-0.2, -0.15) is 0 Å². The van der Waals surface area contributed by atoms with Crippen LogP contribution in [0.15, 0.2) is 0 Å². The van der Waals surface area contributed by atoms with E-state index in [4.69, 9.17) is 9.47 Å². The fourth-order valence-corrected chi connectivity index (χ4v) is 1.57. The Labute approximate surface area is 98.6 Å². The monoisotopic (exact) mass is 234 g/mol. The maximum atomic E-state index is 5.16. The first-order chi connectivity index (χ1) is 7.33. The summed E-state index contributed by atoms with van der Waals surface area (Å²) >= 11 is 0. The number of morpholine rings is 2. The van der Waals surface area contributed by atoms with Crippen molar-refractivity contribution in [2.24, 2.45) is 0 Å². The minimum absolute atomic E-state index is 0. The molecule has 2 saturated heterocycles. The van der Waals surface area contributed by atoms with Crippen molar-refractivity contribution in [1.82, 2.24) is 9.80 Å². The average molecular weight is 234 g/mol. The first-order valence-electron chi connectivity index (χ1n) is 5.89. The predicted molar refractivity (Wildman–Crippen MR) is 64.9 cm³/mol. The number of nitrogens with zero attached hydrogens (tertiary/aromatic N) is 2. The van der Waals surface area contributed by atoms with E-state index in [0.717, 1.165) is 52.6 Å². The Balaban J connectivity index is 0.000000267. The highest BCUT2D eigenvalue weighted by Crippen LogP contribution is 1.93. The number of hydrogen-bond donors (Lipinski definition) is 0. The van der Waals surface area contributed by atoms with E-state index in [2.05, 4.69) is 23.8 Å². The molecule has 2 N–H and O–H groups in total. The molecule has 0 spiro atoms. The highest BCUT2D eigenvalue weighted by atomic mass is 16.5. The standard InChI is InChI=1S/C6H13NO.C5H11NO.H2O/c1-2-7-3-5-8-6-4-7;1-6-2-4-7-5-3-6;/h2-6H2,1H3;2-5H2,1H3;1H2. The summed E-state index contributed by atoms with van der Waals surface area (Å²) in [5, 5.41) is 0. The second kappa shape index (κ2) is 9.99. The number of ether oxygens (including phenoxy) is 2. The third-order valence-corrected chi connectivity index (χ3v) is 2.79. The summed E-state index contributed by atoms with van der Waals surface area (Å²) in [6, 6.07) is 0. The summed E-state index contributed by atoms with van der Waals surface area (Å²) < 4.78 is 10.3. The lowest BCUT2D eigenvalue weighted by molar-refractivity contribution is 0.0405. The molecule has 2 rings (SSSR count). The van der Waals surface area contributed by atoms with Gasteiger partial charge in [-0.3, -0.25) is 4.90 Å². The van der Waals surface area contributed by atoms with E-state index < -0.39 is 0 Å². The van der Waals surface area contributed by atoms with E-state index in [1.54, 1.807) is 0 Å². The van der Waals surface area contributed by atoms with Gasteiger partial charge in [-0.25, -0.2) is 0 Å². The van der Waals surface area contributed by atoms with Crippen LogP contribution in [0, 0.1) is 0 Å². The topological polar surface area (TPSA) is 56.4 Å². The number of likely N-dealkylation sites (N-methyl/N-ethyl adjacent to an activating group) is 2. The van der Waals surface area contributed by atoms with Crippen molar-refractivity contribution in [2.45, 2.75) is 6.92 Å². The molecule has 2 aliphatic heterocycles. The van der Waals surface area contributed by atoms with E-state index >= 15 is 0 Å². The van der Waals surface area contributed by atoms with Crippen LogP contribution in [0.2, 0.25) is 0 Å². The molecule has 16 heavy (non-hydrogen) atoms. The molecule has 0 aromatic rings. The molecule has 0 aliphatic carbocycles. The van der Waals surface area contributed by atoms with Gasteiger partial charge in [-0.15, -0.1) is 0 Å². The smallest absolute Gasteiger partial charge is 0.0594 e. The summed E-state index contributed by atoms with van der Waals surface area (Å²) in [5.41, 5.74) is 0. The maximum absolute atomic E-state index is 5.16. The van der Waals surface area contributed by atoms with Gasteiger partial charge in [-0.05, 0) is 13.6 Å². The van der Waals surface area contributed by atoms with Gasteiger partial charge < -0.3 is 19.8 Å². The molecule has 0 atom stereocenters. The molecule has 5 heteroatoms. The Bertz CT molecular complexity index is 146. The first kappa shape index (κ1) is 15.8. The zero-order valence-corrected chi connectivity index (χ0v) is 10.6. The molecular weight excluding hydrogens is 208 g/mol. The van der Waals surface area contributed by atoms with Crippen molar-refractivity contribution in [3.63, 3.8) is 0 Å². The molecule has 2 aliphatic rings.